The van der Waals surface area contributed by atoms with Gasteiger partial charge in [-0.05, 0) is 159 Å². The van der Waals surface area contributed by atoms with Crippen LogP contribution >= 0.6 is 0 Å². The van der Waals surface area contributed by atoms with E-state index < -0.39 is 206 Å². The van der Waals surface area contributed by atoms with Gasteiger partial charge in [-0.1, -0.05) is 72.8 Å². The molecule has 0 bridgehead atoms. The van der Waals surface area contributed by atoms with Crippen LogP contribution in [0.1, 0.15) is 55.6 Å². The van der Waals surface area contributed by atoms with Gasteiger partial charge in [-0.2, -0.15) is 124 Å². The van der Waals surface area contributed by atoms with Crippen LogP contribution in [0, 0.1) is 17.9 Å². The van der Waals surface area contributed by atoms with Crippen LogP contribution < -0.4 is 0 Å². The van der Waals surface area contributed by atoms with Crippen molar-refractivity contribution in [2.45, 2.75) is 55.6 Å². The molecule has 0 radical (unpaired) electrons. The topological polar surface area (TPSA) is 38.0 Å². The van der Waals surface area contributed by atoms with E-state index in [1.54, 1.807) is 0 Å². The molecule has 12 aromatic rings. The summed E-state index contributed by atoms with van der Waals surface area (Å²) in [6.07, 6.45) is -49.5. The summed E-state index contributed by atoms with van der Waals surface area (Å²) in [5, 5.41) is 11.0. The third-order valence-corrected chi connectivity index (χ3v) is 16.8. The average molecular weight is 1450 g/mol. The summed E-state index contributed by atoms with van der Waals surface area (Å²) in [5.41, 5.74) is -29.8. The van der Waals surface area contributed by atoms with E-state index >= 15 is 65.9 Å². The molecule has 0 atom stereocenters. The molecule has 0 unspecified atom stereocenters. The monoisotopic (exact) mass is 1450 g/mol. The van der Waals surface area contributed by atoms with E-state index in [4.69, 9.17) is 6.57 Å². The van der Waals surface area contributed by atoms with Gasteiger partial charge in [0.1, 0.15) is 11.6 Å². The number of fused-ring (bicyclic) bond motifs is 6. The van der Waals surface area contributed by atoms with Crippen molar-refractivity contribution in [3.8, 4) is 73.1 Å². The number of hydrogen-bond acceptors (Lipinski definition) is 1. The van der Waals surface area contributed by atoms with Crippen molar-refractivity contribution in [3.05, 3.63) is 243 Å². The zero-order valence-electron chi connectivity index (χ0n) is 49.7. The van der Waals surface area contributed by atoms with E-state index in [-0.39, 0.29) is 70.1 Å². The Hall–Kier alpha value is -11.1. The lowest BCUT2D eigenvalue weighted by Gasteiger charge is -2.20. The van der Waals surface area contributed by atoms with Gasteiger partial charge in [0.2, 0.25) is 0 Å². The molecular weight excluding hydrogens is 1420 g/mol. The van der Waals surface area contributed by atoms with Crippen molar-refractivity contribution in [3.63, 3.8) is 0 Å². The fourth-order valence-electron chi connectivity index (χ4n) is 12.3. The molecule has 10 aromatic carbocycles. The normalized spacial score (nSPS) is 13.2. The van der Waals surface area contributed by atoms with Gasteiger partial charge in [0.05, 0.1) is 84.5 Å². The number of nitriles is 1. The van der Waals surface area contributed by atoms with E-state index in [1.165, 1.54) is 0 Å². The molecule has 4 nitrogen and oxygen atoms in total. The summed E-state index contributed by atoms with van der Waals surface area (Å²) < 4.78 is 397. The minimum absolute atomic E-state index is 0.213. The first-order chi connectivity index (χ1) is 47.1. The summed E-state index contributed by atoms with van der Waals surface area (Å²) in [5.74, 6) is 0. The number of alkyl halides is 27. The van der Waals surface area contributed by atoms with E-state index in [2.05, 4.69) is 4.85 Å². The van der Waals surface area contributed by atoms with Crippen molar-refractivity contribution in [1.29, 1.82) is 5.26 Å². The van der Waals surface area contributed by atoms with Gasteiger partial charge in [0.25, 0.3) is 0 Å². The molecule has 0 aliphatic carbocycles. The molecule has 12 rings (SSSR count). The van der Waals surface area contributed by atoms with Gasteiger partial charge in [-0.3, -0.25) is 0 Å². The van der Waals surface area contributed by atoms with Gasteiger partial charge >= 0.3 is 55.6 Å². The Morgan fingerprint density at radius 3 is 0.745 bits per heavy atom. The van der Waals surface area contributed by atoms with Gasteiger partial charge < -0.3 is 9.13 Å². The van der Waals surface area contributed by atoms with Crippen LogP contribution in [0.15, 0.2) is 176 Å². The van der Waals surface area contributed by atoms with Gasteiger partial charge in [0, 0.05) is 27.1 Å². The minimum atomic E-state index is -5.62. The molecule has 31 heteroatoms. The van der Waals surface area contributed by atoms with E-state index in [9.17, 15) is 57.9 Å². The molecule has 0 saturated carbocycles. The Bertz CT molecular complexity index is 4970. The Morgan fingerprint density at radius 2 is 0.520 bits per heavy atom. The average Bonchev–Trinajstić information content (AvgIpc) is 1.55. The second-order valence-electron chi connectivity index (χ2n) is 23.0. The molecule has 2 aromatic heterocycles. The second kappa shape index (κ2) is 23.8. The fraction of sp³-hybridized carbons (Fsp3) is 0.127. The lowest BCUT2D eigenvalue weighted by molar-refractivity contribution is -0.144. The summed E-state index contributed by atoms with van der Waals surface area (Å²) in [4.78, 5) is 3.12. The molecule has 0 spiro atoms. The highest BCUT2D eigenvalue weighted by atomic mass is 19.4. The van der Waals surface area contributed by atoms with Crippen molar-refractivity contribution < 1.29 is 119 Å². The van der Waals surface area contributed by atoms with Crippen LogP contribution in [0.2, 0.25) is 0 Å². The lowest BCUT2D eigenvalue weighted by Crippen LogP contribution is -2.12. The second-order valence-corrected chi connectivity index (χ2v) is 23.0. The smallest absolute Gasteiger partial charge is 0.308 e. The van der Waals surface area contributed by atoms with Crippen molar-refractivity contribution in [2.24, 2.45) is 0 Å². The number of halogens is 27. The Labute approximate surface area is 552 Å². The summed E-state index contributed by atoms with van der Waals surface area (Å²) in [6.45, 7) is 7.79. The number of nitrogens with zero attached hydrogens (tertiary/aromatic N) is 4. The van der Waals surface area contributed by atoms with Gasteiger partial charge in [-0.25, -0.2) is 4.85 Å². The third-order valence-electron chi connectivity index (χ3n) is 16.8. The van der Waals surface area contributed by atoms with Crippen LogP contribution in [0.5, 0.6) is 0 Å². The van der Waals surface area contributed by atoms with Crippen LogP contribution in [0.25, 0.3) is 115 Å². The van der Waals surface area contributed by atoms with Crippen LogP contribution in [-0.4, -0.2) is 9.13 Å². The zero-order chi connectivity index (χ0) is 74.5. The predicted octanol–water partition coefficient (Wildman–Crippen LogP) is 25.8. The maximum atomic E-state index is 15.1. The molecule has 102 heavy (non-hydrogen) atoms. The molecule has 0 aliphatic heterocycles. The van der Waals surface area contributed by atoms with Gasteiger partial charge in [-0.15, -0.1) is 0 Å². The summed E-state index contributed by atoms with van der Waals surface area (Å²) >= 11 is 0. The third kappa shape index (κ3) is 12.9. The van der Waals surface area contributed by atoms with Crippen molar-refractivity contribution >= 4 is 49.3 Å². The quantitative estimate of drug-likeness (QED) is 0.116. The number of aromatic nitrogens is 2. The molecule has 2 heterocycles. The van der Waals surface area contributed by atoms with E-state index in [0.29, 0.717) is 36.4 Å². The molecule has 0 saturated heterocycles. The summed E-state index contributed by atoms with van der Waals surface area (Å²) in [7, 11) is 0. The fourth-order valence-corrected chi connectivity index (χ4v) is 12.3. The molecule has 0 N–H and O–H groups in total. The molecule has 0 fully saturated rings. The van der Waals surface area contributed by atoms with Crippen LogP contribution in [0.4, 0.5) is 124 Å². The number of hydrogen-bond donors (Lipinski definition) is 0. The predicted molar refractivity (Wildman–Crippen MR) is 318 cm³/mol. The molecule has 522 valence electrons. The molecule has 0 amide bonds. The molecule has 0 aliphatic rings. The largest absolute Gasteiger partial charge is 0.417 e. The van der Waals surface area contributed by atoms with Crippen molar-refractivity contribution in [1.82, 2.24) is 9.13 Å². The Kier molecular flexibility index (Phi) is 16.5. The first-order valence-electron chi connectivity index (χ1n) is 28.7. The first-order valence-corrected chi connectivity index (χ1v) is 28.7. The maximum absolute atomic E-state index is 15.1. The SMILES string of the molecule is [C-]#[N+]c1cc(-c2cc(-n3c4cc(-c5ccc(C(F)(F)F)cc5C(F)(F)F)ccc4c4ccc(-c5ccc(C(F)(F)F)cc5C(F)(F)F)cc43)c(C#N)c(-n3c4cc(-c5ccc(C(F)(F)F)cc5C(F)(F)F)ccc4c4ccc(-c5ccc(C(F)(F)F)cc5C(F)(F)F)cc43)c2)cc(C(F)(F)F)c1. The van der Waals surface area contributed by atoms with E-state index in [0.717, 1.165) is 100 Å². The Balaban J connectivity index is 1.29. The highest BCUT2D eigenvalue weighted by Crippen LogP contribution is 2.51. The van der Waals surface area contributed by atoms with Crippen LogP contribution in [0.3, 0.4) is 0 Å². The van der Waals surface area contributed by atoms with Gasteiger partial charge in [0.15, 0.2) is 5.69 Å². The van der Waals surface area contributed by atoms with E-state index in [1.807, 2.05) is 6.07 Å². The van der Waals surface area contributed by atoms with Crippen molar-refractivity contribution in [2.75, 3.05) is 0 Å². The zero-order valence-corrected chi connectivity index (χ0v) is 49.7. The Morgan fingerprint density at radius 1 is 0.265 bits per heavy atom. The first kappa shape index (κ1) is 70.7. The number of rotatable bonds is 7. The lowest BCUT2D eigenvalue weighted by atomic mass is 9.95. The summed E-state index contributed by atoms with van der Waals surface area (Å²) in [6, 6.07) is 17.8. The highest BCUT2D eigenvalue weighted by Gasteiger charge is 2.44. The maximum Gasteiger partial charge on any atom is 0.417 e. The minimum Gasteiger partial charge on any atom is -0.308 e. The number of benzene rings is 10. The standard InChI is InChI=1S/C71H29F27N4/c1-100-43-19-36(18-42(26-43)67(84,85)86)37-24-61(101-57-20-32(44-14-6-38(63(72,73)74)27-53(44)68(87,88)89)2-10-48(57)49-11-3-33(21-58(49)101)45-15-7-39(64(75,76)77)28-54(45)69(90,91)92)52(31-99)62(25-37)102-59-22-34(46-16-8-40(65(78,79)80)29-55(46)70(93,94)95)4-12-50(59)51-13-5-35(23-60(51)102)47-17-9-41(66(81,82)83)30-56(47)71(96,97)98/h2-30H. The highest BCUT2D eigenvalue weighted by molar-refractivity contribution is 6.13. The molecular formula is C71H29F27N4. The van der Waals surface area contributed by atoms with Crippen LogP contribution in [-0.2, 0) is 55.6 Å².